The standard InChI is InChI=1S/C11H9BrFN3O/c1-17-9-4-7(2-3-8(9)13)16-11-5-10(12)14-6-15-11/h2-6H,1H3,(H,14,15,16). The van der Waals surface area contributed by atoms with Crippen LogP contribution in [0.5, 0.6) is 5.75 Å². The number of ether oxygens (including phenoxy) is 1. The Kier molecular flexibility index (Phi) is 3.53. The van der Waals surface area contributed by atoms with Crippen LogP contribution in [0.15, 0.2) is 35.2 Å². The van der Waals surface area contributed by atoms with E-state index in [1.54, 1.807) is 18.2 Å². The number of hydrogen-bond donors (Lipinski definition) is 1. The molecule has 4 nitrogen and oxygen atoms in total. The lowest BCUT2D eigenvalue weighted by molar-refractivity contribution is 0.387. The molecule has 2 aromatic rings. The van der Waals surface area contributed by atoms with Crippen LogP contribution in [0.3, 0.4) is 0 Å². The zero-order valence-corrected chi connectivity index (χ0v) is 10.5. The largest absolute Gasteiger partial charge is 0.494 e. The van der Waals surface area contributed by atoms with Gasteiger partial charge in [0.2, 0.25) is 0 Å². The van der Waals surface area contributed by atoms with Crippen LogP contribution in [0.2, 0.25) is 0 Å². The Morgan fingerprint density at radius 1 is 1.29 bits per heavy atom. The molecule has 0 amide bonds. The molecule has 17 heavy (non-hydrogen) atoms. The maximum Gasteiger partial charge on any atom is 0.165 e. The number of nitrogens with zero attached hydrogens (tertiary/aromatic N) is 2. The first-order chi connectivity index (χ1) is 8.19. The quantitative estimate of drug-likeness (QED) is 0.884. The molecule has 0 aliphatic rings. The molecular formula is C11H9BrFN3O. The van der Waals surface area contributed by atoms with Gasteiger partial charge in [-0.05, 0) is 28.1 Å². The third kappa shape index (κ3) is 2.91. The molecule has 0 saturated heterocycles. The molecule has 1 heterocycles. The summed E-state index contributed by atoms with van der Waals surface area (Å²) in [5.74, 6) is 0.394. The van der Waals surface area contributed by atoms with E-state index in [1.165, 1.54) is 19.5 Å². The molecule has 0 aliphatic heterocycles. The molecule has 0 atom stereocenters. The Bertz CT molecular complexity index is 536. The Morgan fingerprint density at radius 3 is 2.82 bits per heavy atom. The lowest BCUT2D eigenvalue weighted by Gasteiger charge is -2.07. The predicted octanol–water partition coefficient (Wildman–Crippen LogP) is 3.13. The number of nitrogens with one attached hydrogen (secondary N) is 1. The van der Waals surface area contributed by atoms with E-state index in [1.807, 2.05) is 0 Å². The summed E-state index contributed by atoms with van der Waals surface area (Å²) < 4.78 is 18.7. The van der Waals surface area contributed by atoms with Gasteiger partial charge in [-0.2, -0.15) is 0 Å². The Hall–Kier alpha value is -1.69. The van der Waals surface area contributed by atoms with Crippen molar-refractivity contribution in [3.63, 3.8) is 0 Å². The maximum atomic E-state index is 13.2. The molecule has 1 aromatic carbocycles. The second-order valence-electron chi connectivity index (χ2n) is 3.20. The van der Waals surface area contributed by atoms with E-state index in [-0.39, 0.29) is 5.75 Å². The first kappa shape index (κ1) is 11.8. The Morgan fingerprint density at radius 2 is 2.12 bits per heavy atom. The van der Waals surface area contributed by atoms with Crippen LogP contribution < -0.4 is 10.1 Å². The molecule has 88 valence electrons. The highest BCUT2D eigenvalue weighted by Crippen LogP contribution is 2.24. The van der Waals surface area contributed by atoms with Crippen LogP contribution in [0.1, 0.15) is 0 Å². The average molecular weight is 298 g/mol. The lowest BCUT2D eigenvalue weighted by atomic mass is 10.3. The Labute approximate surface area is 106 Å². The summed E-state index contributed by atoms with van der Waals surface area (Å²) in [6.07, 6.45) is 1.42. The second kappa shape index (κ2) is 5.09. The molecule has 0 radical (unpaired) electrons. The van der Waals surface area contributed by atoms with Crippen LogP contribution in [-0.2, 0) is 0 Å². The zero-order chi connectivity index (χ0) is 12.3. The van der Waals surface area contributed by atoms with E-state index in [0.29, 0.717) is 16.1 Å². The minimum Gasteiger partial charge on any atom is -0.494 e. The zero-order valence-electron chi connectivity index (χ0n) is 8.95. The van der Waals surface area contributed by atoms with Crippen LogP contribution >= 0.6 is 15.9 Å². The van der Waals surface area contributed by atoms with E-state index in [0.717, 1.165) is 0 Å². The molecule has 0 unspecified atom stereocenters. The number of rotatable bonds is 3. The minimum atomic E-state index is -0.401. The van der Waals surface area contributed by atoms with Gasteiger partial charge >= 0.3 is 0 Å². The minimum absolute atomic E-state index is 0.183. The summed E-state index contributed by atoms with van der Waals surface area (Å²) in [6.45, 7) is 0. The number of hydrogen-bond acceptors (Lipinski definition) is 4. The van der Waals surface area contributed by atoms with Gasteiger partial charge < -0.3 is 10.1 Å². The average Bonchev–Trinajstić information content (AvgIpc) is 2.32. The normalized spacial score (nSPS) is 10.1. The Balaban J connectivity index is 2.24. The van der Waals surface area contributed by atoms with Crippen LogP contribution in [0.25, 0.3) is 0 Å². The smallest absolute Gasteiger partial charge is 0.165 e. The van der Waals surface area contributed by atoms with Gasteiger partial charge in [-0.25, -0.2) is 14.4 Å². The van der Waals surface area contributed by atoms with Gasteiger partial charge in [0.25, 0.3) is 0 Å². The number of benzene rings is 1. The van der Waals surface area contributed by atoms with Crippen molar-refractivity contribution in [3.05, 3.63) is 41.0 Å². The van der Waals surface area contributed by atoms with Crippen molar-refractivity contribution < 1.29 is 9.13 Å². The molecule has 0 spiro atoms. The number of methoxy groups -OCH3 is 1. The van der Waals surface area contributed by atoms with Gasteiger partial charge in [0.15, 0.2) is 11.6 Å². The van der Waals surface area contributed by atoms with E-state index in [4.69, 9.17) is 4.74 Å². The highest BCUT2D eigenvalue weighted by atomic mass is 79.9. The van der Waals surface area contributed by atoms with Crippen molar-refractivity contribution in [2.24, 2.45) is 0 Å². The molecule has 0 fully saturated rings. The monoisotopic (exact) mass is 297 g/mol. The number of aromatic nitrogens is 2. The van der Waals surface area contributed by atoms with Crippen molar-refractivity contribution >= 4 is 27.4 Å². The lowest BCUT2D eigenvalue weighted by Crippen LogP contribution is -1.96. The summed E-state index contributed by atoms with van der Waals surface area (Å²) in [6, 6.07) is 6.21. The van der Waals surface area contributed by atoms with Crippen molar-refractivity contribution in [2.75, 3.05) is 12.4 Å². The van der Waals surface area contributed by atoms with E-state index >= 15 is 0 Å². The van der Waals surface area contributed by atoms with Crippen molar-refractivity contribution in [1.29, 1.82) is 0 Å². The van der Waals surface area contributed by atoms with Crippen LogP contribution in [0, 0.1) is 5.82 Å². The fourth-order valence-electron chi connectivity index (χ4n) is 1.29. The second-order valence-corrected chi connectivity index (χ2v) is 4.01. The van der Waals surface area contributed by atoms with E-state index in [2.05, 4.69) is 31.2 Å². The summed E-state index contributed by atoms with van der Waals surface area (Å²) in [4.78, 5) is 7.94. The highest BCUT2D eigenvalue weighted by Gasteiger charge is 2.04. The molecule has 0 saturated carbocycles. The number of anilines is 2. The van der Waals surface area contributed by atoms with Crippen molar-refractivity contribution in [1.82, 2.24) is 9.97 Å². The van der Waals surface area contributed by atoms with Gasteiger partial charge in [-0.15, -0.1) is 0 Å². The third-order valence-corrected chi connectivity index (χ3v) is 2.49. The summed E-state index contributed by atoms with van der Waals surface area (Å²) in [7, 11) is 1.42. The van der Waals surface area contributed by atoms with Gasteiger partial charge in [-0.3, -0.25) is 0 Å². The van der Waals surface area contributed by atoms with Crippen molar-refractivity contribution in [3.8, 4) is 5.75 Å². The van der Waals surface area contributed by atoms with Gasteiger partial charge in [0, 0.05) is 17.8 Å². The van der Waals surface area contributed by atoms with Crippen LogP contribution in [0.4, 0.5) is 15.9 Å². The van der Waals surface area contributed by atoms with Gasteiger partial charge in [0.05, 0.1) is 7.11 Å². The molecule has 6 heteroatoms. The highest BCUT2D eigenvalue weighted by molar-refractivity contribution is 9.10. The third-order valence-electron chi connectivity index (χ3n) is 2.06. The molecule has 1 aromatic heterocycles. The summed E-state index contributed by atoms with van der Waals surface area (Å²) in [5.41, 5.74) is 0.689. The van der Waals surface area contributed by atoms with Crippen LogP contribution in [-0.4, -0.2) is 17.1 Å². The molecule has 0 bridgehead atoms. The fourth-order valence-corrected chi connectivity index (χ4v) is 1.60. The van der Waals surface area contributed by atoms with Gasteiger partial charge in [-0.1, -0.05) is 0 Å². The summed E-state index contributed by atoms with van der Waals surface area (Å²) >= 11 is 3.24. The number of halogens is 2. The molecule has 0 aliphatic carbocycles. The van der Waals surface area contributed by atoms with Gasteiger partial charge in [0.1, 0.15) is 16.7 Å². The van der Waals surface area contributed by atoms with E-state index < -0.39 is 5.82 Å². The first-order valence-electron chi connectivity index (χ1n) is 4.77. The predicted molar refractivity (Wildman–Crippen MR) is 66.0 cm³/mol. The summed E-state index contributed by atoms with van der Waals surface area (Å²) in [5, 5.41) is 3.02. The molecular weight excluding hydrogens is 289 g/mol. The topological polar surface area (TPSA) is 47.0 Å². The SMILES string of the molecule is COc1cc(Nc2cc(Br)ncn2)ccc1F. The fraction of sp³-hybridized carbons (Fsp3) is 0.0909. The molecule has 1 N–H and O–H groups in total. The molecule has 2 rings (SSSR count). The maximum absolute atomic E-state index is 13.2. The first-order valence-corrected chi connectivity index (χ1v) is 5.56. The van der Waals surface area contributed by atoms with Crippen molar-refractivity contribution in [2.45, 2.75) is 0 Å². The van der Waals surface area contributed by atoms with E-state index in [9.17, 15) is 4.39 Å².